The van der Waals surface area contributed by atoms with Crippen LogP contribution < -0.4 is 10.6 Å². The van der Waals surface area contributed by atoms with Crippen LogP contribution in [-0.4, -0.2) is 22.1 Å². The minimum atomic E-state index is -0.253. The van der Waals surface area contributed by atoms with Crippen molar-refractivity contribution in [1.29, 1.82) is 0 Å². The first-order valence-electron chi connectivity index (χ1n) is 11.5. The molecule has 0 bridgehead atoms. The highest BCUT2D eigenvalue weighted by atomic mass is 16.2. The van der Waals surface area contributed by atoms with Crippen LogP contribution in [0.4, 0.5) is 5.69 Å². The number of benzene rings is 4. The van der Waals surface area contributed by atoms with Gasteiger partial charge < -0.3 is 10.6 Å². The molecule has 5 heteroatoms. The Bertz CT molecular complexity index is 1490. The number of nitrogens with zero attached hydrogens (tertiary/aromatic N) is 1. The molecule has 2 heterocycles. The zero-order valence-corrected chi connectivity index (χ0v) is 18.6. The van der Waals surface area contributed by atoms with Crippen molar-refractivity contribution < 1.29 is 4.79 Å². The lowest BCUT2D eigenvalue weighted by molar-refractivity contribution is -0.118. The first-order valence-corrected chi connectivity index (χ1v) is 11.5. The molecule has 5 aromatic rings. The van der Waals surface area contributed by atoms with Crippen LogP contribution in [0, 0.1) is 0 Å². The number of rotatable bonds is 4. The molecule has 1 aliphatic heterocycles. The smallest absolute Gasteiger partial charge is 0.241 e. The maximum absolute atomic E-state index is 13.0. The molecule has 1 aromatic heterocycles. The lowest BCUT2D eigenvalue weighted by atomic mass is 9.95. The Morgan fingerprint density at radius 3 is 2.44 bits per heavy atom. The van der Waals surface area contributed by atoms with Crippen molar-refractivity contribution in [1.82, 2.24) is 15.5 Å². The van der Waals surface area contributed by atoms with Crippen LogP contribution in [-0.2, 0) is 17.8 Å². The summed E-state index contributed by atoms with van der Waals surface area (Å²) in [6, 6.07) is 32.6. The topological polar surface area (TPSA) is 69.8 Å². The van der Waals surface area contributed by atoms with Crippen molar-refractivity contribution in [2.75, 3.05) is 5.32 Å². The lowest BCUT2D eigenvalue weighted by Crippen LogP contribution is -2.44. The van der Waals surface area contributed by atoms with Gasteiger partial charge in [-0.05, 0) is 52.9 Å². The van der Waals surface area contributed by atoms with Crippen LogP contribution in [0.25, 0.3) is 33.3 Å². The number of H-pyrrole nitrogens is 1. The van der Waals surface area contributed by atoms with Crippen LogP contribution in [0.2, 0.25) is 0 Å². The van der Waals surface area contributed by atoms with Crippen molar-refractivity contribution in [3.8, 4) is 22.4 Å². The van der Waals surface area contributed by atoms with Crippen LogP contribution in [0.15, 0.2) is 97.1 Å². The molecule has 0 saturated carbocycles. The van der Waals surface area contributed by atoms with E-state index in [1.165, 1.54) is 16.7 Å². The van der Waals surface area contributed by atoms with Gasteiger partial charge in [0, 0.05) is 23.2 Å². The number of hydrogen-bond acceptors (Lipinski definition) is 3. The Morgan fingerprint density at radius 1 is 0.794 bits per heavy atom. The zero-order valence-electron chi connectivity index (χ0n) is 18.6. The van der Waals surface area contributed by atoms with Gasteiger partial charge in [-0.25, -0.2) is 0 Å². The Kier molecular flexibility index (Phi) is 5.17. The third kappa shape index (κ3) is 3.87. The summed E-state index contributed by atoms with van der Waals surface area (Å²) >= 11 is 0. The van der Waals surface area contributed by atoms with Crippen LogP contribution >= 0.6 is 0 Å². The molecular formula is C29H24N4O. The number of nitrogens with one attached hydrogen (secondary N) is 3. The van der Waals surface area contributed by atoms with E-state index in [2.05, 4.69) is 69.4 Å². The first kappa shape index (κ1) is 20.4. The Balaban J connectivity index is 1.27. The maximum Gasteiger partial charge on any atom is 0.241 e. The largest absolute Gasteiger partial charge is 0.325 e. The molecule has 0 radical (unpaired) electrons. The van der Waals surface area contributed by atoms with Crippen molar-refractivity contribution >= 4 is 22.5 Å². The predicted molar refractivity (Wildman–Crippen MR) is 136 cm³/mol. The van der Waals surface area contributed by atoms with E-state index in [9.17, 15) is 4.79 Å². The van der Waals surface area contributed by atoms with Gasteiger partial charge in [0.1, 0.15) is 0 Å². The molecule has 1 aliphatic rings. The van der Waals surface area contributed by atoms with Crippen molar-refractivity contribution in [3.05, 3.63) is 108 Å². The van der Waals surface area contributed by atoms with Gasteiger partial charge in [-0.2, -0.15) is 5.10 Å². The summed E-state index contributed by atoms with van der Waals surface area (Å²) in [7, 11) is 0. The Hall–Kier alpha value is -4.22. The Morgan fingerprint density at radius 2 is 1.56 bits per heavy atom. The van der Waals surface area contributed by atoms with Crippen LogP contribution in [0.3, 0.4) is 0 Å². The molecule has 3 N–H and O–H groups in total. The number of fused-ring (bicyclic) bond motifs is 2. The lowest BCUT2D eigenvalue weighted by Gasteiger charge is -2.25. The number of anilines is 1. The van der Waals surface area contributed by atoms with Gasteiger partial charge in [-0.15, -0.1) is 0 Å². The summed E-state index contributed by atoms with van der Waals surface area (Å²) < 4.78 is 0. The molecule has 0 saturated heterocycles. The zero-order chi connectivity index (χ0) is 22.9. The summed E-state index contributed by atoms with van der Waals surface area (Å²) in [5.74, 6) is -0.0232. The summed E-state index contributed by atoms with van der Waals surface area (Å²) in [6.07, 6.45) is 0.688. The third-order valence-electron chi connectivity index (χ3n) is 6.47. The molecule has 34 heavy (non-hydrogen) atoms. The second kappa shape index (κ2) is 8.61. The van der Waals surface area contributed by atoms with Crippen LogP contribution in [0.5, 0.6) is 0 Å². The van der Waals surface area contributed by atoms with Crippen molar-refractivity contribution in [2.45, 2.75) is 19.0 Å². The number of carbonyl (C=O) groups is 1. The minimum absolute atomic E-state index is 0.0232. The molecule has 166 valence electrons. The summed E-state index contributed by atoms with van der Waals surface area (Å²) in [6.45, 7) is 0.705. The molecule has 1 atom stereocenters. The summed E-state index contributed by atoms with van der Waals surface area (Å²) in [5, 5.41) is 15.1. The SMILES string of the molecule is O=C(Nc1ccc2[nH]nc(-c3cccc(-c4ccccc4)c3)c2c1)C1Cc2ccccc2CN1. The molecular weight excluding hydrogens is 420 g/mol. The molecule has 4 aromatic carbocycles. The number of aromatic nitrogens is 2. The maximum atomic E-state index is 13.0. The molecule has 5 nitrogen and oxygen atoms in total. The predicted octanol–water partition coefficient (Wildman–Crippen LogP) is 5.55. The Labute approximate surface area is 197 Å². The molecule has 6 rings (SSSR count). The summed E-state index contributed by atoms with van der Waals surface area (Å²) in [4.78, 5) is 13.0. The number of aromatic amines is 1. The standard InChI is InChI=1S/C29H24N4O/c34-29(27-16-21-9-4-5-10-23(21)18-30-27)31-24-13-14-26-25(17-24)28(33-32-26)22-12-6-11-20(15-22)19-7-2-1-3-8-19/h1-15,17,27,30H,16,18H2,(H,31,34)(H,32,33). The van der Waals surface area contributed by atoms with E-state index in [1.54, 1.807) is 0 Å². The van der Waals surface area contributed by atoms with Gasteiger partial charge in [0.2, 0.25) is 5.91 Å². The fraction of sp³-hybridized carbons (Fsp3) is 0.103. The fourth-order valence-corrected chi connectivity index (χ4v) is 4.66. The van der Waals surface area contributed by atoms with Crippen LogP contribution in [0.1, 0.15) is 11.1 Å². The molecule has 0 aliphatic carbocycles. The monoisotopic (exact) mass is 444 g/mol. The molecule has 0 fully saturated rings. The van der Waals surface area contributed by atoms with Crippen molar-refractivity contribution in [3.63, 3.8) is 0 Å². The average molecular weight is 445 g/mol. The highest BCUT2D eigenvalue weighted by molar-refractivity contribution is 6.00. The molecule has 1 unspecified atom stereocenters. The van der Waals surface area contributed by atoms with Gasteiger partial charge >= 0.3 is 0 Å². The van der Waals surface area contributed by atoms with Crippen molar-refractivity contribution in [2.24, 2.45) is 0 Å². The van der Waals surface area contributed by atoms with E-state index in [4.69, 9.17) is 0 Å². The number of amides is 1. The fourth-order valence-electron chi connectivity index (χ4n) is 4.66. The van der Waals surface area contributed by atoms with Gasteiger partial charge in [0.25, 0.3) is 0 Å². The quantitative estimate of drug-likeness (QED) is 0.340. The van der Waals surface area contributed by atoms with Gasteiger partial charge in [-0.1, -0.05) is 72.8 Å². The number of hydrogen-bond donors (Lipinski definition) is 3. The highest BCUT2D eigenvalue weighted by Crippen LogP contribution is 2.31. The van der Waals surface area contributed by atoms with E-state index < -0.39 is 0 Å². The second-order valence-electron chi connectivity index (χ2n) is 8.67. The van der Waals surface area contributed by atoms with E-state index in [0.717, 1.165) is 33.4 Å². The second-order valence-corrected chi connectivity index (χ2v) is 8.67. The van der Waals surface area contributed by atoms with Gasteiger partial charge in [0.05, 0.1) is 17.3 Å². The van der Waals surface area contributed by atoms with Gasteiger partial charge in [-0.3, -0.25) is 9.89 Å². The van der Waals surface area contributed by atoms with E-state index >= 15 is 0 Å². The highest BCUT2D eigenvalue weighted by Gasteiger charge is 2.24. The molecule has 0 spiro atoms. The third-order valence-corrected chi connectivity index (χ3v) is 6.47. The average Bonchev–Trinajstić information content (AvgIpc) is 3.32. The van der Waals surface area contributed by atoms with E-state index in [0.29, 0.717) is 13.0 Å². The first-order chi connectivity index (χ1) is 16.7. The van der Waals surface area contributed by atoms with Gasteiger partial charge in [0.15, 0.2) is 0 Å². The summed E-state index contributed by atoms with van der Waals surface area (Å²) in [5.41, 5.74) is 8.39. The molecule has 1 amide bonds. The normalized spacial score (nSPS) is 15.1. The van der Waals surface area contributed by atoms with E-state index in [1.807, 2.05) is 48.5 Å². The number of carbonyl (C=O) groups excluding carboxylic acids is 1. The van der Waals surface area contributed by atoms with E-state index in [-0.39, 0.29) is 11.9 Å². The minimum Gasteiger partial charge on any atom is -0.325 e.